The van der Waals surface area contributed by atoms with Crippen molar-refractivity contribution >= 4 is 5.78 Å². The largest absolute Gasteiger partial charge is 0.494 e. The van der Waals surface area contributed by atoms with E-state index in [0.29, 0.717) is 12.2 Å². The zero-order valence-corrected chi connectivity index (χ0v) is 10.9. The van der Waals surface area contributed by atoms with Crippen LogP contribution in [0.15, 0.2) is 24.3 Å². The van der Waals surface area contributed by atoms with Crippen LogP contribution in [0.3, 0.4) is 0 Å². The average molecular weight is 247 g/mol. The molecule has 0 heterocycles. The van der Waals surface area contributed by atoms with Crippen LogP contribution in [0.5, 0.6) is 5.75 Å². The van der Waals surface area contributed by atoms with E-state index in [1.54, 1.807) is 6.07 Å². The van der Waals surface area contributed by atoms with E-state index >= 15 is 0 Å². The molecule has 0 bridgehead atoms. The molecule has 0 unspecified atom stereocenters. The molecule has 0 spiro atoms. The van der Waals surface area contributed by atoms with Crippen molar-refractivity contribution in [1.82, 2.24) is 0 Å². The summed E-state index contributed by atoms with van der Waals surface area (Å²) in [5.41, 5.74) is 6.28. The van der Waals surface area contributed by atoms with Crippen molar-refractivity contribution < 1.29 is 9.53 Å². The quantitative estimate of drug-likeness (QED) is 0.832. The number of benzene rings is 1. The van der Waals surface area contributed by atoms with Gasteiger partial charge in [0.15, 0.2) is 5.78 Å². The Balaban J connectivity index is 2.19. The van der Waals surface area contributed by atoms with Crippen LogP contribution in [-0.2, 0) is 0 Å². The van der Waals surface area contributed by atoms with Gasteiger partial charge in [-0.1, -0.05) is 31.4 Å². The molecule has 98 valence electrons. The molecule has 2 N–H and O–H groups in total. The first-order chi connectivity index (χ1) is 8.65. The molecule has 1 aromatic rings. The van der Waals surface area contributed by atoms with Crippen LogP contribution in [0.1, 0.15) is 49.4 Å². The first kappa shape index (κ1) is 13.1. The average Bonchev–Trinajstić information content (AvgIpc) is 2.39. The van der Waals surface area contributed by atoms with E-state index in [9.17, 15) is 4.79 Å². The fraction of sp³-hybridized carbons (Fsp3) is 0.533. The molecule has 2 rings (SSSR count). The standard InChI is InChI=1S/C15H21NO2/c1-2-18-13-8-6-7-12(11-13)14(17)15(16)9-4-3-5-10-15/h6-8,11H,2-5,9-10,16H2,1H3. The van der Waals surface area contributed by atoms with Gasteiger partial charge in [-0.25, -0.2) is 0 Å². The maximum absolute atomic E-state index is 12.5. The van der Waals surface area contributed by atoms with Crippen molar-refractivity contribution in [2.75, 3.05) is 6.61 Å². The Morgan fingerprint density at radius 2 is 2.06 bits per heavy atom. The minimum absolute atomic E-state index is 0.0590. The van der Waals surface area contributed by atoms with Gasteiger partial charge >= 0.3 is 0 Å². The molecule has 0 atom stereocenters. The molecule has 3 heteroatoms. The zero-order chi connectivity index (χ0) is 13.0. The predicted molar refractivity (Wildman–Crippen MR) is 71.9 cm³/mol. The van der Waals surface area contributed by atoms with E-state index in [2.05, 4.69) is 0 Å². The Bertz CT molecular complexity index is 422. The van der Waals surface area contributed by atoms with Gasteiger partial charge in [0.05, 0.1) is 12.1 Å². The molecule has 1 aliphatic carbocycles. The first-order valence-corrected chi connectivity index (χ1v) is 6.72. The van der Waals surface area contributed by atoms with Crippen LogP contribution in [0.2, 0.25) is 0 Å². The normalized spacial score (nSPS) is 18.3. The minimum Gasteiger partial charge on any atom is -0.494 e. The molecule has 0 aromatic heterocycles. The number of hydrogen-bond donors (Lipinski definition) is 1. The van der Waals surface area contributed by atoms with Gasteiger partial charge in [0.2, 0.25) is 0 Å². The van der Waals surface area contributed by atoms with Gasteiger partial charge in [0.1, 0.15) is 5.75 Å². The van der Waals surface area contributed by atoms with E-state index in [1.807, 2.05) is 25.1 Å². The van der Waals surface area contributed by atoms with Crippen LogP contribution in [0.4, 0.5) is 0 Å². The predicted octanol–water partition coefficient (Wildman–Crippen LogP) is 2.93. The molecule has 1 aromatic carbocycles. The number of hydrogen-bond acceptors (Lipinski definition) is 3. The Kier molecular flexibility index (Phi) is 4.02. The Hall–Kier alpha value is -1.35. The Morgan fingerprint density at radius 1 is 1.33 bits per heavy atom. The topological polar surface area (TPSA) is 52.3 Å². The summed E-state index contributed by atoms with van der Waals surface area (Å²) < 4.78 is 5.42. The van der Waals surface area contributed by atoms with Gasteiger partial charge in [-0.05, 0) is 31.9 Å². The summed E-state index contributed by atoms with van der Waals surface area (Å²) in [5, 5.41) is 0. The molecule has 0 saturated heterocycles. The molecular formula is C15H21NO2. The lowest BCUT2D eigenvalue weighted by Gasteiger charge is -2.31. The number of Topliss-reactive ketones (excluding diaryl/α,β-unsaturated/α-hetero) is 1. The number of rotatable bonds is 4. The number of ketones is 1. The molecule has 1 aliphatic rings. The van der Waals surface area contributed by atoms with Crippen molar-refractivity contribution in [2.45, 2.75) is 44.6 Å². The fourth-order valence-electron chi connectivity index (χ4n) is 2.59. The number of carbonyl (C=O) groups excluding carboxylic acids is 1. The third-order valence-corrected chi connectivity index (χ3v) is 3.61. The van der Waals surface area contributed by atoms with E-state index in [0.717, 1.165) is 31.4 Å². The minimum atomic E-state index is -0.664. The summed E-state index contributed by atoms with van der Waals surface area (Å²) in [6.07, 6.45) is 4.88. The summed E-state index contributed by atoms with van der Waals surface area (Å²) in [6.45, 7) is 2.53. The molecule has 18 heavy (non-hydrogen) atoms. The van der Waals surface area contributed by atoms with Gasteiger partial charge in [-0.15, -0.1) is 0 Å². The Labute approximate surface area is 108 Å². The van der Waals surface area contributed by atoms with E-state index in [-0.39, 0.29) is 5.78 Å². The maximum Gasteiger partial charge on any atom is 0.182 e. The maximum atomic E-state index is 12.5. The molecule has 1 saturated carbocycles. The molecular weight excluding hydrogens is 226 g/mol. The molecule has 0 aliphatic heterocycles. The van der Waals surface area contributed by atoms with Crippen molar-refractivity contribution in [3.8, 4) is 5.75 Å². The highest BCUT2D eigenvalue weighted by atomic mass is 16.5. The van der Waals surface area contributed by atoms with Crippen LogP contribution in [0, 0.1) is 0 Å². The van der Waals surface area contributed by atoms with E-state index in [1.165, 1.54) is 6.42 Å². The van der Waals surface area contributed by atoms with E-state index < -0.39 is 5.54 Å². The smallest absolute Gasteiger partial charge is 0.182 e. The summed E-state index contributed by atoms with van der Waals surface area (Å²) in [7, 11) is 0. The second kappa shape index (κ2) is 5.53. The molecule has 1 fully saturated rings. The summed E-state index contributed by atoms with van der Waals surface area (Å²) in [4.78, 5) is 12.5. The fourth-order valence-corrected chi connectivity index (χ4v) is 2.59. The highest BCUT2D eigenvalue weighted by Crippen LogP contribution is 2.29. The lowest BCUT2D eigenvalue weighted by atomic mass is 9.77. The van der Waals surface area contributed by atoms with Gasteiger partial charge < -0.3 is 10.5 Å². The highest BCUT2D eigenvalue weighted by Gasteiger charge is 2.35. The monoisotopic (exact) mass is 247 g/mol. The summed E-state index contributed by atoms with van der Waals surface area (Å²) >= 11 is 0. The first-order valence-electron chi connectivity index (χ1n) is 6.72. The molecule has 0 radical (unpaired) electrons. The number of nitrogens with two attached hydrogens (primary N) is 1. The second-order valence-electron chi connectivity index (χ2n) is 5.01. The van der Waals surface area contributed by atoms with Crippen molar-refractivity contribution in [2.24, 2.45) is 5.73 Å². The van der Waals surface area contributed by atoms with Gasteiger partial charge in [0, 0.05) is 5.56 Å². The van der Waals surface area contributed by atoms with Gasteiger partial charge in [-0.2, -0.15) is 0 Å². The molecule has 3 nitrogen and oxygen atoms in total. The summed E-state index contributed by atoms with van der Waals surface area (Å²) in [5.74, 6) is 0.798. The third kappa shape index (κ3) is 2.72. The number of carbonyl (C=O) groups is 1. The lowest BCUT2D eigenvalue weighted by molar-refractivity contribution is 0.0847. The lowest BCUT2D eigenvalue weighted by Crippen LogP contribution is -2.49. The molecule has 0 amide bonds. The van der Waals surface area contributed by atoms with Crippen molar-refractivity contribution in [3.63, 3.8) is 0 Å². The highest BCUT2D eigenvalue weighted by molar-refractivity contribution is 6.03. The van der Waals surface area contributed by atoms with E-state index in [4.69, 9.17) is 10.5 Å². The summed E-state index contributed by atoms with van der Waals surface area (Å²) in [6, 6.07) is 7.35. The third-order valence-electron chi connectivity index (χ3n) is 3.61. The number of ether oxygens (including phenoxy) is 1. The SMILES string of the molecule is CCOc1cccc(C(=O)C2(N)CCCCC2)c1. The van der Waals surface area contributed by atoms with Crippen LogP contribution < -0.4 is 10.5 Å². The van der Waals surface area contributed by atoms with Gasteiger partial charge in [0.25, 0.3) is 0 Å². The zero-order valence-electron chi connectivity index (χ0n) is 10.9. The van der Waals surface area contributed by atoms with Crippen LogP contribution in [-0.4, -0.2) is 17.9 Å². The van der Waals surface area contributed by atoms with Crippen molar-refractivity contribution in [3.05, 3.63) is 29.8 Å². The van der Waals surface area contributed by atoms with Crippen LogP contribution >= 0.6 is 0 Å². The van der Waals surface area contributed by atoms with Crippen molar-refractivity contribution in [1.29, 1.82) is 0 Å². The Morgan fingerprint density at radius 3 is 2.72 bits per heavy atom. The van der Waals surface area contributed by atoms with Crippen LogP contribution in [0.25, 0.3) is 0 Å². The second-order valence-corrected chi connectivity index (χ2v) is 5.01. The van der Waals surface area contributed by atoms with Gasteiger partial charge in [-0.3, -0.25) is 4.79 Å².